The highest BCUT2D eigenvalue weighted by Crippen LogP contribution is 2.31. The van der Waals surface area contributed by atoms with Crippen LogP contribution in [0.4, 0.5) is 15.8 Å². The van der Waals surface area contributed by atoms with Crippen molar-refractivity contribution in [2.24, 2.45) is 0 Å². The topological polar surface area (TPSA) is 81.5 Å². The van der Waals surface area contributed by atoms with E-state index in [4.69, 9.17) is 27.9 Å². The van der Waals surface area contributed by atoms with Crippen LogP contribution in [0.3, 0.4) is 0 Å². The van der Waals surface area contributed by atoms with Crippen LogP contribution in [0.15, 0.2) is 48.0 Å². The van der Waals surface area contributed by atoms with E-state index in [0.29, 0.717) is 0 Å². The molecule has 0 spiro atoms. The lowest BCUT2D eigenvalue weighted by molar-refractivity contribution is -0.385. The lowest BCUT2D eigenvalue weighted by Gasteiger charge is -2.12. The van der Waals surface area contributed by atoms with E-state index >= 15 is 0 Å². The third kappa shape index (κ3) is 4.68. The van der Waals surface area contributed by atoms with Gasteiger partial charge in [-0.15, -0.1) is 0 Å². The summed E-state index contributed by atoms with van der Waals surface area (Å²) in [4.78, 5) is 22.5. The van der Waals surface area contributed by atoms with Crippen molar-refractivity contribution in [2.75, 3.05) is 11.9 Å². The lowest BCUT2D eigenvalue weighted by Crippen LogP contribution is -2.15. The molecule has 6 nitrogen and oxygen atoms in total. The zero-order valence-corrected chi connectivity index (χ0v) is 14.1. The molecule has 0 aliphatic heterocycles. The molecule has 2 aromatic rings. The van der Waals surface area contributed by atoms with Gasteiger partial charge in [-0.25, -0.2) is 4.39 Å². The quantitative estimate of drug-likeness (QED) is 0.574. The fraction of sp³-hybridized carbons (Fsp3) is 0.0625. The van der Waals surface area contributed by atoms with Crippen LogP contribution in [0.2, 0.25) is 5.02 Å². The maximum absolute atomic E-state index is 14.0. The summed E-state index contributed by atoms with van der Waals surface area (Å²) < 4.78 is 19.3. The summed E-state index contributed by atoms with van der Waals surface area (Å²) in [5.41, 5.74) is -0.856. The molecule has 0 aromatic heterocycles. The van der Waals surface area contributed by atoms with Crippen molar-refractivity contribution in [2.45, 2.75) is 0 Å². The van der Waals surface area contributed by atoms with E-state index in [1.165, 1.54) is 24.3 Å². The minimum atomic E-state index is -0.846. The van der Waals surface area contributed by atoms with Crippen LogP contribution >= 0.6 is 23.2 Å². The first-order valence-electron chi connectivity index (χ1n) is 6.79. The Morgan fingerprint density at radius 1 is 1.36 bits per heavy atom. The third-order valence-corrected chi connectivity index (χ3v) is 3.40. The summed E-state index contributed by atoms with van der Waals surface area (Å²) in [7, 11) is 0. The second kappa shape index (κ2) is 7.96. The standard InChI is InChI=1S/C16H11Cl2FN2O4/c1-9(17)8-25-15-7-13(12(19)6-11(15)18)20-16(22)10-4-2-3-5-14(10)21(23)24/h2-7H,1,8H2,(H,20,22). The van der Waals surface area contributed by atoms with Crippen molar-refractivity contribution in [3.05, 3.63) is 74.5 Å². The predicted molar refractivity (Wildman–Crippen MR) is 92.9 cm³/mol. The molecule has 130 valence electrons. The molecule has 1 N–H and O–H groups in total. The Kier molecular flexibility index (Phi) is 5.95. The minimum absolute atomic E-state index is 0.0286. The molecule has 0 fully saturated rings. The van der Waals surface area contributed by atoms with Crippen LogP contribution < -0.4 is 10.1 Å². The fourth-order valence-corrected chi connectivity index (χ4v) is 2.17. The van der Waals surface area contributed by atoms with Gasteiger partial charge in [0.1, 0.15) is 23.7 Å². The molecule has 0 aliphatic rings. The Morgan fingerprint density at radius 3 is 2.68 bits per heavy atom. The molecule has 0 saturated heterocycles. The number of anilines is 1. The second-order valence-corrected chi connectivity index (χ2v) is 5.74. The number of para-hydroxylation sites is 1. The van der Waals surface area contributed by atoms with Gasteiger partial charge in [0.2, 0.25) is 0 Å². The first-order chi connectivity index (χ1) is 11.8. The molecule has 0 heterocycles. The molecular weight excluding hydrogens is 374 g/mol. The molecule has 0 bridgehead atoms. The Balaban J connectivity index is 2.30. The van der Waals surface area contributed by atoms with Crippen molar-refractivity contribution in [3.8, 4) is 5.75 Å². The summed E-state index contributed by atoms with van der Waals surface area (Å²) in [6.07, 6.45) is 0. The van der Waals surface area contributed by atoms with Crippen LogP contribution in [0.5, 0.6) is 5.75 Å². The molecule has 0 atom stereocenters. The van der Waals surface area contributed by atoms with Gasteiger partial charge in [-0.1, -0.05) is 41.9 Å². The molecule has 2 aromatic carbocycles. The highest BCUT2D eigenvalue weighted by Gasteiger charge is 2.21. The van der Waals surface area contributed by atoms with Crippen LogP contribution in [-0.4, -0.2) is 17.4 Å². The highest BCUT2D eigenvalue weighted by atomic mass is 35.5. The number of hydrogen-bond acceptors (Lipinski definition) is 4. The van der Waals surface area contributed by atoms with E-state index in [1.54, 1.807) is 0 Å². The highest BCUT2D eigenvalue weighted by molar-refractivity contribution is 6.32. The maximum atomic E-state index is 14.0. The van der Waals surface area contributed by atoms with E-state index in [9.17, 15) is 19.3 Å². The molecule has 0 unspecified atom stereocenters. The van der Waals surface area contributed by atoms with Crippen molar-refractivity contribution in [1.82, 2.24) is 0 Å². The van der Waals surface area contributed by atoms with Gasteiger partial charge in [-0.3, -0.25) is 14.9 Å². The van der Waals surface area contributed by atoms with E-state index in [2.05, 4.69) is 11.9 Å². The zero-order valence-electron chi connectivity index (χ0n) is 12.6. The van der Waals surface area contributed by atoms with Gasteiger partial charge in [0.25, 0.3) is 11.6 Å². The number of nitrogens with zero attached hydrogens (tertiary/aromatic N) is 1. The number of benzene rings is 2. The van der Waals surface area contributed by atoms with Crippen LogP contribution in [-0.2, 0) is 0 Å². The fourth-order valence-electron chi connectivity index (χ4n) is 1.91. The van der Waals surface area contributed by atoms with Crippen molar-refractivity contribution >= 4 is 40.5 Å². The van der Waals surface area contributed by atoms with E-state index in [-0.39, 0.29) is 33.7 Å². The molecular formula is C16H11Cl2FN2O4. The van der Waals surface area contributed by atoms with Crippen molar-refractivity contribution in [3.63, 3.8) is 0 Å². The monoisotopic (exact) mass is 384 g/mol. The van der Waals surface area contributed by atoms with Crippen molar-refractivity contribution in [1.29, 1.82) is 0 Å². The molecule has 1 amide bonds. The number of nitro groups is 1. The average Bonchev–Trinajstić information content (AvgIpc) is 2.55. The number of nitrogens with one attached hydrogen (secondary N) is 1. The molecule has 2 rings (SSSR count). The lowest BCUT2D eigenvalue weighted by atomic mass is 10.1. The summed E-state index contributed by atoms with van der Waals surface area (Å²) >= 11 is 11.5. The third-order valence-electron chi connectivity index (χ3n) is 3.00. The van der Waals surface area contributed by atoms with Gasteiger partial charge in [-0.05, 0) is 12.1 Å². The smallest absolute Gasteiger partial charge is 0.282 e. The largest absolute Gasteiger partial charge is 0.486 e. The van der Waals surface area contributed by atoms with Gasteiger partial charge >= 0.3 is 0 Å². The molecule has 0 radical (unpaired) electrons. The minimum Gasteiger partial charge on any atom is -0.486 e. The maximum Gasteiger partial charge on any atom is 0.282 e. The first kappa shape index (κ1) is 18.7. The summed E-state index contributed by atoms with van der Waals surface area (Å²) in [5, 5.41) is 13.4. The van der Waals surface area contributed by atoms with Crippen molar-refractivity contribution < 1.29 is 18.8 Å². The number of ether oxygens (including phenoxy) is 1. The predicted octanol–water partition coefficient (Wildman–Crippen LogP) is 4.77. The number of rotatable bonds is 6. The van der Waals surface area contributed by atoms with E-state index < -0.39 is 22.3 Å². The number of hydrogen-bond donors (Lipinski definition) is 1. The molecule has 25 heavy (non-hydrogen) atoms. The molecule has 0 aliphatic carbocycles. The van der Waals surface area contributed by atoms with Gasteiger partial charge in [-0.2, -0.15) is 0 Å². The zero-order chi connectivity index (χ0) is 18.6. The van der Waals surface area contributed by atoms with Gasteiger partial charge in [0, 0.05) is 17.2 Å². The summed E-state index contributed by atoms with van der Waals surface area (Å²) in [5.74, 6) is -1.60. The number of carbonyl (C=O) groups excluding carboxylic acids is 1. The van der Waals surface area contributed by atoms with Crippen LogP contribution in [0, 0.1) is 15.9 Å². The number of carbonyl (C=O) groups is 1. The Bertz CT molecular complexity index is 858. The van der Waals surface area contributed by atoms with Gasteiger partial charge in [0.05, 0.1) is 15.6 Å². The average molecular weight is 385 g/mol. The summed E-state index contributed by atoms with van der Waals surface area (Å²) in [6, 6.07) is 7.42. The number of nitro benzene ring substituents is 1. The molecule has 0 saturated carbocycles. The first-order valence-corrected chi connectivity index (χ1v) is 7.55. The number of amides is 1. The summed E-state index contributed by atoms with van der Waals surface area (Å²) in [6.45, 7) is 3.38. The second-order valence-electron chi connectivity index (χ2n) is 4.80. The Morgan fingerprint density at radius 2 is 2.04 bits per heavy atom. The van der Waals surface area contributed by atoms with Gasteiger partial charge < -0.3 is 10.1 Å². The Labute approximate surface area is 152 Å². The van der Waals surface area contributed by atoms with E-state index in [1.807, 2.05) is 0 Å². The Hall–Kier alpha value is -2.64. The van der Waals surface area contributed by atoms with Gasteiger partial charge in [0.15, 0.2) is 0 Å². The van der Waals surface area contributed by atoms with Crippen LogP contribution in [0.25, 0.3) is 0 Å². The van der Waals surface area contributed by atoms with E-state index in [0.717, 1.165) is 12.1 Å². The number of halogens is 3. The SMILES string of the molecule is C=C(Cl)COc1cc(NC(=O)c2ccccc2[N+](=O)[O-])c(F)cc1Cl. The van der Waals surface area contributed by atoms with Crippen LogP contribution in [0.1, 0.15) is 10.4 Å². The molecule has 9 heteroatoms. The normalized spacial score (nSPS) is 10.2.